The van der Waals surface area contributed by atoms with Crippen LogP contribution in [0.15, 0.2) is 42.7 Å². The fraction of sp³-hybridized carbons (Fsp3) is 0.316. The van der Waals surface area contributed by atoms with E-state index >= 15 is 0 Å². The minimum atomic E-state index is 0.275. The van der Waals surface area contributed by atoms with Gasteiger partial charge in [0.25, 0.3) is 5.78 Å². The predicted octanol–water partition coefficient (Wildman–Crippen LogP) is 2.04. The fourth-order valence-electron chi connectivity index (χ4n) is 3.65. The van der Waals surface area contributed by atoms with E-state index in [0.717, 1.165) is 49.0 Å². The van der Waals surface area contributed by atoms with Crippen LogP contribution in [0.4, 0.5) is 5.82 Å². The van der Waals surface area contributed by atoms with E-state index in [4.69, 9.17) is 0 Å². The van der Waals surface area contributed by atoms with Crippen LogP contribution in [0.1, 0.15) is 29.3 Å². The second-order valence-electron chi connectivity index (χ2n) is 6.94. The van der Waals surface area contributed by atoms with Crippen molar-refractivity contribution < 1.29 is 0 Å². The molecular weight excluding hydrogens is 340 g/mol. The fourth-order valence-corrected chi connectivity index (χ4v) is 3.65. The van der Waals surface area contributed by atoms with Crippen molar-refractivity contribution in [2.75, 3.05) is 5.32 Å². The van der Waals surface area contributed by atoms with Gasteiger partial charge in [-0.05, 0) is 18.9 Å². The van der Waals surface area contributed by atoms with Crippen LogP contribution in [0, 0.1) is 6.92 Å². The first-order chi connectivity index (χ1) is 13.3. The molecule has 0 spiro atoms. The number of nitrogens with zero attached hydrogens (tertiary/aromatic N) is 7. The quantitative estimate of drug-likeness (QED) is 0.599. The van der Waals surface area contributed by atoms with Gasteiger partial charge in [0.1, 0.15) is 23.8 Å². The van der Waals surface area contributed by atoms with Crippen LogP contribution in [0.3, 0.4) is 0 Å². The van der Waals surface area contributed by atoms with E-state index in [9.17, 15) is 0 Å². The summed E-state index contributed by atoms with van der Waals surface area (Å²) in [6, 6.07) is 12.7. The van der Waals surface area contributed by atoms with Crippen LogP contribution < -0.4 is 5.32 Å². The first-order valence-electron chi connectivity index (χ1n) is 9.15. The Balaban J connectivity index is 1.39. The number of aryl methyl sites for hydroxylation is 2. The summed E-state index contributed by atoms with van der Waals surface area (Å²) < 4.78 is 4.00. The summed E-state index contributed by atoms with van der Waals surface area (Å²) in [5.74, 6) is 3.61. The molecule has 3 aromatic heterocycles. The molecule has 27 heavy (non-hydrogen) atoms. The molecule has 136 valence electrons. The maximum absolute atomic E-state index is 4.44. The summed E-state index contributed by atoms with van der Waals surface area (Å²) in [5, 5.41) is 16.7. The van der Waals surface area contributed by atoms with Crippen molar-refractivity contribution in [1.82, 2.24) is 34.3 Å². The topological polar surface area (TPSA) is 85.8 Å². The molecule has 0 amide bonds. The molecule has 5 rings (SSSR count). The van der Waals surface area contributed by atoms with Gasteiger partial charge in [0, 0.05) is 37.2 Å². The minimum Gasteiger partial charge on any atom is -0.365 e. The van der Waals surface area contributed by atoms with E-state index in [1.54, 1.807) is 4.52 Å². The van der Waals surface area contributed by atoms with Crippen molar-refractivity contribution in [2.24, 2.45) is 0 Å². The molecule has 1 aromatic carbocycles. The average Bonchev–Trinajstić information content (AvgIpc) is 3.30. The molecule has 0 radical (unpaired) electrons. The molecule has 0 fully saturated rings. The Hall–Kier alpha value is -3.29. The summed E-state index contributed by atoms with van der Waals surface area (Å²) >= 11 is 0. The molecule has 1 aliphatic rings. The van der Waals surface area contributed by atoms with Gasteiger partial charge in [0.2, 0.25) is 0 Å². The third-order valence-corrected chi connectivity index (χ3v) is 4.96. The van der Waals surface area contributed by atoms with Crippen molar-refractivity contribution >= 4 is 11.6 Å². The van der Waals surface area contributed by atoms with Crippen molar-refractivity contribution in [2.45, 2.75) is 38.8 Å². The standard InChI is InChI=1S/C19H20N8/c1-13-9-17(27-19(22-13)20-12-21-27)23-15-7-8-16-24-25-18(26(16)11-15)10-14-5-3-2-4-6-14/h2-6,9,12,15,23H,7-8,10-11H2,1H3. The lowest BCUT2D eigenvalue weighted by Gasteiger charge is -2.26. The molecule has 1 aliphatic heterocycles. The molecule has 8 nitrogen and oxygen atoms in total. The highest BCUT2D eigenvalue weighted by Crippen LogP contribution is 2.21. The largest absolute Gasteiger partial charge is 0.365 e. The highest BCUT2D eigenvalue weighted by atomic mass is 15.4. The first kappa shape index (κ1) is 15.9. The molecule has 8 heteroatoms. The van der Waals surface area contributed by atoms with E-state index in [1.165, 1.54) is 11.9 Å². The lowest BCUT2D eigenvalue weighted by Crippen LogP contribution is -2.33. The van der Waals surface area contributed by atoms with E-state index in [2.05, 4.69) is 59.4 Å². The molecule has 0 saturated heterocycles. The van der Waals surface area contributed by atoms with Crippen LogP contribution in [-0.4, -0.2) is 40.4 Å². The third kappa shape index (κ3) is 3.03. The number of nitrogens with one attached hydrogen (secondary N) is 1. The van der Waals surface area contributed by atoms with Gasteiger partial charge in [-0.15, -0.1) is 10.2 Å². The zero-order chi connectivity index (χ0) is 18.2. The zero-order valence-electron chi connectivity index (χ0n) is 15.1. The Kier molecular flexibility index (Phi) is 3.81. The summed E-state index contributed by atoms with van der Waals surface area (Å²) in [6.07, 6.45) is 4.23. The number of benzene rings is 1. The Morgan fingerprint density at radius 1 is 1.19 bits per heavy atom. The molecule has 0 saturated carbocycles. The molecule has 0 aliphatic carbocycles. The van der Waals surface area contributed by atoms with Gasteiger partial charge < -0.3 is 9.88 Å². The third-order valence-electron chi connectivity index (χ3n) is 4.96. The van der Waals surface area contributed by atoms with Crippen LogP contribution in [0.5, 0.6) is 0 Å². The second kappa shape index (κ2) is 6.46. The van der Waals surface area contributed by atoms with Crippen LogP contribution >= 0.6 is 0 Å². The Morgan fingerprint density at radius 2 is 2.07 bits per heavy atom. The van der Waals surface area contributed by atoms with Crippen LogP contribution in [0.25, 0.3) is 5.78 Å². The average molecular weight is 360 g/mol. The smallest absolute Gasteiger partial charge is 0.254 e. The second-order valence-corrected chi connectivity index (χ2v) is 6.94. The van der Waals surface area contributed by atoms with Crippen molar-refractivity contribution in [3.8, 4) is 0 Å². The van der Waals surface area contributed by atoms with Gasteiger partial charge in [-0.2, -0.15) is 14.6 Å². The molecule has 1 unspecified atom stereocenters. The molecule has 4 aromatic rings. The van der Waals surface area contributed by atoms with Gasteiger partial charge in [0.05, 0.1) is 0 Å². The predicted molar refractivity (Wildman–Crippen MR) is 101 cm³/mol. The minimum absolute atomic E-state index is 0.275. The van der Waals surface area contributed by atoms with Gasteiger partial charge in [0.15, 0.2) is 0 Å². The SMILES string of the molecule is Cc1cc(NC2CCc3nnc(Cc4ccccc4)n3C2)n2ncnc2n1. The van der Waals surface area contributed by atoms with E-state index < -0.39 is 0 Å². The molecule has 1 N–H and O–H groups in total. The summed E-state index contributed by atoms with van der Waals surface area (Å²) in [7, 11) is 0. The summed E-state index contributed by atoms with van der Waals surface area (Å²) in [5.41, 5.74) is 2.17. The highest BCUT2D eigenvalue weighted by molar-refractivity contribution is 5.45. The molecule has 4 heterocycles. The number of hydrogen-bond donors (Lipinski definition) is 1. The number of hydrogen-bond acceptors (Lipinski definition) is 6. The molecular formula is C19H20N8. The molecule has 1 atom stereocenters. The van der Waals surface area contributed by atoms with Gasteiger partial charge in [-0.1, -0.05) is 30.3 Å². The van der Waals surface area contributed by atoms with E-state index in [-0.39, 0.29) is 6.04 Å². The molecule has 0 bridgehead atoms. The number of anilines is 1. The first-order valence-corrected chi connectivity index (χ1v) is 9.15. The highest BCUT2D eigenvalue weighted by Gasteiger charge is 2.23. The maximum atomic E-state index is 4.44. The van der Waals surface area contributed by atoms with Gasteiger partial charge >= 0.3 is 0 Å². The normalized spacial score (nSPS) is 16.4. The Bertz CT molecular complexity index is 1080. The van der Waals surface area contributed by atoms with Crippen LogP contribution in [0.2, 0.25) is 0 Å². The van der Waals surface area contributed by atoms with E-state index in [0.29, 0.717) is 5.78 Å². The number of aromatic nitrogens is 7. The number of fused-ring (bicyclic) bond motifs is 2. The maximum Gasteiger partial charge on any atom is 0.254 e. The lowest BCUT2D eigenvalue weighted by molar-refractivity contribution is 0.465. The zero-order valence-corrected chi connectivity index (χ0v) is 15.1. The van der Waals surface area contributed by atoms with Gasteiger partial charge in [-0.25, -0.2) is 4.98 Å². The van der Waals surface area contributed by atoms with E-state index in [1.807, 2.05) is 19.1 Å². The Morgan fingerprint density at radius 3 is 2.96 bits per heavy atom. The lowest BCUT2D eigenvalue weighted by atomic mass is 10.1. The van der Waals surface area contributed by atoms with Crippen molar-refractivity contribution in [1.29, 1.82) is 0 Å². The Labute approximate surface area is 156 Å². The monoisotopic (exact) mass is 360 g/mol. The number of rotatable bonds is 4. The van der Waals surface area contributed by atoms with Gasteiger partial charge in [-0.3, -0.25) is 0 Å². The summed E-state index contributed by atoms with van der Waals surface area (Å²) in [6.45, 7) is 2.80. The summed E-state index contributed by atoms with van der Waals surface area (Å²) in [4.78, 5) is 8.60. The van der Waals surface area contributed by atoms with Crippen LogP contribution in [-0.2, 0) is 19.4 Å². The van der Waals surface area contributed by atoms with Crippen molar-refractivity contribution in [3.05, 3.63) is 65.6 Å². The van der Waals surface area contributed by atoms with Crippen molar-refractivity contribution in [3.63, 3.8) is 0 Å².